The van der Waals surface area contributed by atoms with Crippen LogP contribution in [0.25, 0.3) is 0 Å². The van der Waals surface area contributed by atoms with Crippen LogP contribution >= 0.6 is 0 Å². The maximum atomic E-state index is 12.2. The third kappa shape index (κ3) is 2.20. The van der Waals surface area contributed by atoms with Gasteiger partial charge in [0, 0.05) is 12.5 Å². The fraction of sp³-hybridized carbons (Fsp3) is 0.500. The molecule has 0 bridgehead atoms. The van der Waals surface area contributed by atoms with E-state index in [4.69, 9.17) is 5.73 Å². The van der Waals surface area contributed by atoms with E-state index >= 15 is 0 Å². The minimum Gasteiger partial charge on any atom is -0.326 e. The number of carbonyl (C=O) groups is 1. The maximum absolute atomic E-state index is 12.2. The number of rotatable bonds is 3. The van der Waals surface area contributed by atoms with Crippen LogP contribution in [0, 0.1) is 5.92 Å². The van der Waals surface area contributed by atoms with E-state index in [2.05, 4.69) is 6.92 Å². The van der Waals surface area contributed by atoms with E-state index in [9.17, 15) is 4.79 Å². The van der Waals surface area contributed by atoms with Crippen molar-refractivity contribution in [2.75, 3.05) is 6.54 Å². The summed E-state index contributed by atoms with van der Waals surface area (Å²) in [5, 5.41) is 0. The fourth-order valence-corrected chi connectivity index (χ4v) is 2.34. The molecule has 1 saturated heterocycles. The van der Waals surface area contributed by atoms with Crippen molar-refractivity contribution in [3.05, 3.63) is 35.9 Å². The van der Waals surface area contributed by atoms with Crippen LogP contribution in [-0.2, 0) is 4.79 Å². The highest BCUT2D eigenvalue weighted by Crippen LogP contribution is 2.28. The predicted molar refractivity (Wildman–Crippen MR) is 68.3 cm³/mol. The fourth-order valence-electron chi connectivity index (χ4n) is 2.34. The van der Waals surface area contributed by atoms with Gasteiger partial charge < -0.3 is 10.6 Å². The van der Waals surface area contributed by atoms with Gasteiger partial charge in [0.15, 0.2) is 0 Å². The molecule has 1 heterocycles. The first-order valence-electron chi connectivity index (χ1n) is 6.26. The molecule has 0 aliphatic carbocycles. The molecule has 3 nitrogen and oxygen atoms in total. The molecule has 1 fully saturated rings. The largest absolute Gasteiger partial charge is 0.326 e. The van der Waals surface area contributed by atoms with E-state index in [1.54, 1.807) is 4.90 Å². The van der Waals surface area contributed by atoms with Crippen molar-refractivity contribution >= 4 is 5.91 Å². The van der Waals surface area contributed by atoms with Crippen LogP contribution in [0.5, 0.6) is 0 Å². The zero-order chi connectivity index (χ0) is 12.4. The molecule has 2 rings (SSSR count). The molecule has 1 aromatic rings. The van der Waals surface area contributed by atoms with Gasteiger partial charge in [-0.3, -0.25) is 4.79 Å². The van der Waals surface area contributed by atoms with Crippen LogP contribution in [0.1, 0.15) is 31.7 Å². The zero-order valence-corrected chi connectivity index (χ0v) is 10.5. The van der Waals surface area contributed by atoms with Crippen molar-refractivity contribution in [1.82, 2.24) is 4.90 Å². The average Bonchev–Trinajstić information content (AvgIpc) is 2.37. The summed E-state index contributed by atoms with van der Waals surface area (Å²) in [4.78, 5) is 14.0. The van der Waals surface area contributed by atoms with Gasteiger partial charge in [0.25, 0.3) is 0 Å². The molecule has 1 aliphatic rings. The minimum atomic E-state index is -0.0972. The monoisotopic (exact) mass is 232 g/mol. The normalized spacial score (nSPS) is 25.2. The smallest absolute Gasteiger partial charge is 0.231 e. The molecular weight excluding hydrogens is 212 g/mol. The molecule has 3 heteroatoms. The molecule has 92 valence electrons. The van der Waals surface area contributed by atoms with Crippen molar-refractivity contribution in [3.63, 3.8) is 0 Å². The number of likely N-dealkylation sites (tertiary alicyclic amines) is 1. The number of nitrogens with two attached hydrogens (primary N) is 1. The van der Waals surface area contributed by atoms with Gasteiger partial charge in [0.1, 0.15) is 0 Å². The quantitative estimate of drug-likeness (QED) is 0.865. The Balaban J connectivity index is 2.02. The second-order valence-corrected chi connectivity index (χ2v) is 4.78. The zero-order valence-electron chi connectivity index (χ0n) is 10.5. The molecular formula is C14H20N2O. The molecule has 0 aromatic heterocycles. The topological polar surface area (TPSA) is 46.3 Å². The first-order valence-corrected chi connectivity index (χ1v) is 6.26. The Morgan fingerprint density at radius 1 is 1.47 bits per heavy atom. The molecule has 1 aliphatic heterocycles. The molecule has 3 atom stereocenters. The summed E-state index contributed by atoms with van der Waals surface area (Å²) in [6, 6.07) is 9.87. The van der Waals surface area contributed by atoms with Crippen LogP contribution < -0.4 is 5.73 Å². The Hall–Kier alpha value is -1.35. The summed E-state index contributed by atoms with van der Waals surface area (Å²) in [5.74, 6) is 0.523. The van der Waals surface area contributed by atoms with Gasteiger partial charge in [0.2, 0.25) is 5.91 Å². The van der Waals surface area contributed by atoms with Crippen molar-refractivity contribution in [2.45, 2.75) is 32.4 Å². The molecule has 1 amide bonds. The third-order valence-electron chi connectivity index (χ3n) is 3.75. The Kier molecular flexibility index (Phi) is 3.48. The molecule has 0 spiro atoms. The van der Waals surface area contributed by atoms with Crippen LogP contribution in [0.15, 0.2) is 30.3 Å². The van der Waals surface area contributed by atoms with Crippen molar-refractivity contribution in [1.29, 1.82) is 0 Å². The first-order chi connectivity index (χ1) is 8.15. The minimum absolute atomic E-state index is 0.0846. The highest BCUT2D eigenvalue weighted by molar-refractivity contribution is 5.84. The van der Waals surface area contributed by atoms with Crippen LogP contribution in [-0.4, -0.2) is 23.5 Å². The van der Waals surface area contributed by atoms with E-state index in [1.807, 2.05) is 37.3 Å². The summed E-state index contributed by atoms with van der Waals surface area (Å²) in [6.45, 7) is 4.88. The van der Waals surface area contributed by atoms with Gasteiger partial charge in [-0.05, 0) is 18.9 Å². The SMILES string of the molecule is CCC1CN(C(=O)C(C)c2ccccc2)C1N. The maximum Gasteiger partial charge on any atom is 0.231 e. The van der Waals surface area contributed by atoms with E-state index in [0.29, 0.717) is 5.92 Å². The van der Waals surface area contributed by atoms with E-state index < -0.39 is 0 Å². The lowest BCUT2D eigenvalue weighted by molar-refractivity contribution is -0.144. The Bertz CT molecular complexity index is 390. The van der Waals surface area contributed by atoms with E-state index in [0.717, 1.165) is 18.5 Å². The predicted octanol–water partition coefficient (Wildman–Crippen LogP) is 1.94. The average molecular weight is 232 g/mol. The number of amides is 1. The second kappa shape index (κ2) is 4.88. The standard InChI is InChI=1S/C14H20N2O/c1-3-11-9-16(13(11)15)14(17)10(2)12-7-5-4-6-8-12/h4-8,10-11,13H,3,9,15H2,1-2H3. The number of benzene rings is 1. The summed E-state index contributed by atoms with van der Waals surface area (Å²) in [5.41, 5.74) is 7.06. The van der Waals surface area contributed by atoms with Gasteiger partial charge >= 0.3 is 0 Å². The first kappa shape index (κ1) is 12.1. The van der Waals surface area contributed by atoms with Gasteiger partial charge in [-0.2, -0.15) is 0 Å². The number of carbonyl (C=O) groups excluding carboxylic acids is 1. The van der Waals surface area contributed by atoms with Crippen molar-refractivity contribution in [2.24, 2.45) is 11.7 Å². The highest BCUT2D eigenvalue weighted by atomic mass is 16.2. The number of hydrogen-bond donors (Lipinski definition) is 1. The molecule has 2 N–H and O–H groups in total. The lowest BCUT2D eigenvalue weighted by atomic mass is 9.89. The van der Waals surface area contributed by atoms with Gasteiger partial charge in [-0.1, -0.05) is 37.3 Å². The molecule has 1 aromatic carbocycles. The highest BCUT2D eigenvalue weighted by Gasteiger charge is 2.39. The molecule has 17 heavy (non-hydrogen) atoms. The Labute approximate surface area is 103 Å². The molecule has 3 unspecified atom stereocenters. The van der Waals surface area contributed by atoms with E-state index in [1.165, 1.54) is 0 Å². The number of hydrogen-bond acceptors (Lipinski definition) is 2. The van der Waals surface area contributed by atoms with Crippen molar-refractivity contribution < 1.29 is 4.79 Å². The summed E-state index contributed by atoms with van der Waals surface area (Å²) >= 11 is 0. The third-order valence-corrected chi connectivity index (χ3v) is 3.75. The summed E-state index contributed by atoms with van der Waals surface area (Å²) < 4.78 is 0. The Morgan fingerprint density at radius 3 is 2.65 bits per heavy atom. The van der Waals surface area contributed by atoms with Crippen LogP contribution in [0.4, 0.5) is 0 Å². The van der Waals surface area contributed by atoms with E-state index in [-0.39, 0.29) is 18.0 Å². The second-order valence-electron chi connectivity index (χ2n) is 4.78. The van der Waals surface area contributed by atoms with Gasteiger partial charge in [-0.15, -0.1) is 0 Å². The molecule has 0 saturated carbocycles. The van der Waals surface area contributed by atoms with Crippen LogP contribution in [0.3, 0.4) is 0 Å². The lowest BCUT2D eigenvalue weighted by Gasteiger charge is -2.46. The summed E-state index contributed by atoms with van der Waals surface area (Å²) in [7, 11) is 0. The lowest BCUT2D eigenvalue weighted by Crippen LogP contribution is -2.63. The van der Waals surface area contributed by atoms with Crippen molar-refractivity contribution in [3.8, 4) is 0 Å². The number of nitrogens with zero attached hydrogens (tertiary/aromatic N) is 1. The summed E-state index contributed by atoms with van der Waals surface area (Å²) in [6.07, 6.45) is 0.962. The van der Waals surface area contributed by atoms with Crippen LogP contribution in [0.2, 0.25) is 0 Å². The van der Waals surface area contributed by atoms with Gasteiger partial charge in [-0.25, -0.2) is 0 Å². The molecule has 0 radical (unpaired) electrons. The van der Waals surface area contributed by atoms with Gasteiger partial charge in [0.05, 0.1) is 12.1 Å². The Morgan fingerprint density at radius 2 is 2.12 bits per heavy atom.